The zero-order valence-corrected chi connectivity index (χ0v) is 24.3. The van der Waals surface area contributed by atoms with Crippen LogP contribution in [0.1, 0.15) is 36.7 Å². The van der Waals surface area contributed by atoms with E-state index < -0.39 is 13.5 Å². The number of nitrogens with zero attached hydrogens (tertiary/aromatic N) is 7. The smallest absolute Gasteiger partial charge is 0.171 e. The molecule has 0 fully saturated rings. The van der Waals surface area contributed by atoms with Gasteiger partial charge < -0.3 is 14.6 Å². The number of Topliss-reactive ketones (excluding diaryl/α,β-unsaturated/α-hetero) is 1. The largest absolute Gasteiger partial charge is 0.361 e. The van der Waals surface area contributed by atoms with Gasteiger partial charge in [-0.05, 0) is 29.8 Å². The lowest BCUT2D eigenvalue weighted by molar-refractivity contribution is 0.0849. The number of carbonyl (C=O) groups is 1. The molecule has 0 saturated heterocycles. The third-order valence-electron chi connectivity index (χ3n) is 5.98. The maximum atomic E-state index is 13.3. The Morgan fingerprint density at radius 2 is 1.95 bits per heavy atom. The molecule has 0 unspecified atom stereocenters. The monoisotopic (exact) mass is 542 g/mol. The number of ketones is 1. The molecule has 3 heterocycles. The van der Waals surface area contributed by atoms with Crippen LogP contribution in [-0.2, 0) is 11.5 Å². The van der Waals surface area contributed by atoms with Gasteiger partial charge in [0.15, 0.2) is 11.4 Å². The molecule has 0 aliphatic carbocycles. The van der Waals surface area contributed by atoms with Gasteiger partial charge in [0.05, 0.1) is 11.8 Å². The highest BCUT2D eigenvalue weighted by Gasteiger charge is 2.28. The number of hydrogen-bond acceptors (Lipinski definition) is 8. The number of rotatable bonds is 10. The average molecular weight is 543 g/mol. The lowest BCUT2D eigenvalue weighted by Gasteiger charge is -2.16. The first-order valence-corrected chi connectivity index (χ1v) is 16.5. The van der Waals surface area contributed by atoms with E-state index in [4.69, 9.17) is 9.72 Å². The van der Waals surface area contributed by atoms with Crippen molar-refractivity contribution in [2.75, 3.05) is 11.9 Å². The van der Waals surface area contributed by atoms with Gasteiger partial charge >= 0.3 is 0 Å². The summed E-state index contributed by atoms with van der Waals surface area (Å²) in [5, 5.41) is 16.7. The lowest BCUT2D eigenvalue weighted by Crippen LogP contribution is -2.22. The van der Waals surface area contributed by atoms with Crippen molar-refractivity contribution < 1.29 is 9.53 Å². The third kappa shape index (κ3) is 7.04. The van der Waals surface area contributed by atoms with Crippen LogP contribution < -0.4 is 5.32 Å². The van der Waals surface area contributed by atoms with E-state index in [1.165, 1.54) is 17.3 Å². The summed E-state index contributed by atoms with van der Waals surface area (Å²) in [4.78, 5) is 26.6. The van der Waals surface area contributed by atoms with E-state index in [2.05, 4.69) is 46.1 Å². The molecule has 0 bridgehead atoms. The van der Waals surface area contributed by atoms with Crippen LogP contribution in [0.25, 0.3) is 22.9 Å². The number of allylic oxidation sites excluding steroid dienone is 1. The normalized spacial score (nSPS) is 12.5. The van der Waals surface area contributed by atoms with Crippen LogP contribution in [0.5, 0.6) is 0 Å². The van der Waals surface area contributed by atoms with Crippen LogP contribution in [0, 0.1) is 16.7 Å². The van der Waals surface area contributed by atoms with Crippen LogP contribution in [0.2, 0.25) is 25.7 Å². The van der Waals surface area contributed by atoms with Gasteiger partial charge in [-0.1, -0.05) is 52.5 Å². The Balaban J connectivity index is 1.57. The van der Waals surface area contributed by atoms with Crippen molar-refractivity contribution in [2.24, 2.45) is 5.41 Å². The maximum absolute atomic E-state index is 13.3. The quantitative estimate of drug-likeness (QED) is 0.115. The first-order chi connectivity index (χ1) is 18.4. The molecule has 0 spiro atoms. The number of fused-ring (bicyclic) bond motifs is 1. The predicted octanol–water partition coefficient (Wildman–Crippen LogP) is 5.83. The van der Waals surface area contributed by atoms with Gasteiger partial charge in [0, 0.05) is 32.0 Å². The summed E-state index contributed by atoms with van der Waals surface area (Å²) in [6.07, 6.45) is 8.04. The van der Waals surface area contributed by atoms with Crippen LogP contribution in [0.15, 0.2) is 49.3 Å². The van der Waals surface area contributed by atoms with Crippen LogP contribution in [0.3, 0.4) is 0 Å². The van der Waals surface area contributed by atoms with E-state index in [-0.39, 0.29) is 5.78 Å². The van der Waals surface area contributed by atoms with Crippen molar-refractivity contribution >= 4 is 48.3 Å². The lowest BCUT2D eigenvalue weighted by atomic mass is 9.87. The Morgan fingerprint density at radius 3 is 2.56 bits per heavy atom. The molecule has 0 saturated carbocycles. The maximum Gasteiger partial charge on any atom is 0.171 e. The molecule has 0 aliphatic rings. The molecular formula is C28H34N8O2Si. The topological polar surface area (TPSA) is 124 Å². The van der Waals surface area contributed by atoms with Crippen molar-refractivity contribution in [1.82, 2.24) is 29.3 Å². The molecule has 10 nitrogen and oxygen atoms in total. The number of benzene rings is 1. The number of ether oxygens (including phenoxy) is 1. The van der Waals surface area contributed by atoms with E-state index in [1.54, 1.807) is 18.5 Å². The predicted molar refractivity (Wildman–Crippen MR) is 155 cm³/mol. The minimum absolute atomic E-state index is 0.00313. The summed E-state index contributed by atoms with van der Waals surface area (Å²) < 4.78 is 9.22. The molecule has 0 aliphatic heterocycles. The molecular weight excluding hydrogens is 508 g/mol. The Hall–Kier alpha value is -4.14. The van der Waals surface area contributed by atoms with E-state index in [0.717, 1.165) is 17.3 Å². The zero-order chi connectivity index (χ0) is 28.2. The van der Waals surface area contributed by atoms with E-state index in [1.807, 2.05) is 49.6 Å². The fourth-order valence-electron chi connectivity index (χ4n) is 3.77. The fraction of sp³-hybridized carbons (Fsp3) is 0.357. The molecule has 0 amide bonds. The van der Waals surface area contributed by atoms with Gasteiger partial charge in [0.1, 0.15) is 42.5 Å². The Kier molecular flexibility index (Phi) is 8.08. The molecule has 11 heteroatoms. The van der Waals surface area contributed by atoms with Gasteiger partial charge in [-0.25, -0.2) is 19.6 Å². The molecule has 4 rings (SSSR count). The number of hydrogen-bond donors (Lipinski definition) is 1. The first-order valence-electron chi connectivity index (χ1n) is 12.8. The number of aromatic nitrogens is 6. The fourth-order valence-corrected chi connectivity index (χ4v) is 4.53. The summed E-state index contributed by atoms with van der Waals surface area (Å²) in [5.74, 6) is 0.517. The summed E-state index contributed by atoms with van der Waals surface area (Å²) in [6.45, 7) is 13.6. The summed E-state index contributed by atoms with van der Waals surface area (Å²) in [6, 6.07) is 10.7. The van der Waals surface area contributed by atoms with Gasteiger partial charge in [-0.3, -0.25) is 4.79 Å². The van der Waals surface area contributed by atoms with Crippen LogP contribution >= 0.6 is 0 Å². The number of nitriles is 1. The number of carbonyl (C=O) groups excluding carboxylic acids is 1. The van der Waals surface area contributed by atoms with Crippen molar-refractivity contribution in [3.63, 3.8) is 0 Å². The summed E-state index contributed by atoms with van der Waals surface area (Å²) in [5.41, 5.74) is 3.09. The highest BCUT2D eigenvalue weighted by molar-refractivity contribution is 6.76. The number of nitrogens with one attached hydrogen (secondary N) is 1. The SMILES string of the molecule is CC(C)(C)C(=O)c1cn(COCC[Si](C)(C)C)c2ncc(Nc3ccc(/C=C(/C#N)n4cncn4)cc3)nc12. The van der Waals surface area contributed by atoms with Crippen molar-refractivity contribution in [2.45, 2.75) is 53.2 Å². The standard InChI is InChI=1S/C28H34N8O2Si/c1-28(2,3)26(37)23-16-35(19-38-11-12-39(4,5)6)27-25(23)34-24(15-31-27)33-21-9-7-20(8-10-21)13-22(14-29)36-18-30-17-32-36/h7-10,13,15-18H,11-12,19H2,1-6H3,(H,33,34)/b22-13-. The second-order valence-electron chi connectivity index (χ2n) is 11.6. The van der Waals surface area contributed by atoms with Crippen molar-refractivity contribution in [3.8, 4) is 6.07 Å². The molecule has 0 radical (unpaired) electrons. The molecule has 1 N–H and O–H groups in total. The van der Waals surface area contributed by atoms with E-state index in [9.17, 15) is 10.1 Å². The molecule has 4 aromatic rings. The van der Waals surface area contributed by atoms with Gasteiger partial charge in [0.25, 0.3) is 0 Å². The summed E-state index contributed by atoms with van der Waals surface area (Å²) >= 11 is 0. The Bertz CT molecular complexity index is 1520. The molecule has 39 heavy (non-hydrogen) atoms. The minimum Gasteiger partial charge on any atom is -0.361 e. The second-order valence-corrected chi connectivity index (χ2v) is 17.2. The van der Waals surface area contributed by atoms with Crippen LogP contribution in [0.4, 0.5) is 11.5 Å². The van der Waals surface area contributed by atoms with Gasteiger partial charge in [-0.15, -0.1) is 0 Å². The van der Waals surface area contributed by atoms with Crippen molar-refractivity contribution in [3.05, 3.63) is 60.4 Å². The van der Waals surface area contributed by atoms with E-state index in [0.29, 0.717) is 41.6 Å². The van der Waals surface area contributed by atoms with E-state index >= 15 is 0 Å². The zero-order valence-electron chi connectivity index (χ0n) is 23.3. The molecule has 0 atom stereocenters. The second kappa shape index (κ2) is 11.3. The van der Waals surface area contributed by atoms with Crippen molar-refractivity contribution in [1.29, 1.82) is 5.26 Å². The molecule has 1 aromatic carbocycles. The highest BCUT2D eigenvalue weighted by Crippen LogP contribution is 2.28. The number of anilines is 2. The average Bonchev–Trinajstić information content (AvgIpc) is 3.53. The van der Waals surface area contributed by atoms with Gasteiger partial charge in [-0.2, -0.15) is 10.4 Å². The molecule has 3 aromatic heterocycles. The van der Waals surface area contributed by atoms with Gasteiger partial charge in [0.2, 0.25) is 0 Å². The minimum atomic E-state index is -1.21. The van der Waals surface area contributed by atoms with Crippen LogP contribution in [-0.4, -0.2) is 49.8 Å². The Morgan fingerprint density at radius 1 is 1.21 bits per heavy atom. The highest BCUT2D eigenvalue weighted by atomic mass is 28.3. The Labute approximate surface area is 229 Å². The molecule has 202 valence electrons. The third-order valence-corrected chi connectivity index (χ3v) is 7.69. The summed E-state index contributed by atoms with van der Waals surface area (Å²) in [7, 11) is -1.21. The first kappa shape index (κ1) is 27.9.